The monoisotopic (exact) mass is 723 g/mol. The maximum atomic E-state index is 9.54. The Hall–Kier alpha value is -7.67. The molecule has 264 valence electrons. The predicted molar refractivity (Wildman–Crippen MR) is 230 cm³/mol. The highest BCUT2D eigenvalue weighted by atomic mass is 14.9. The predicted octanol–water partition coefficient (Wildman–Crippen LogP) is 13.0. The minimum absolute atomic E-state index is 0.540. The van der Waals surface area contributed by atoms with Gasteiger partial charge >= 0.3 is 0 Å². The Kier molecular flexibility index (Phi) is 7.45. The Balaban J connectivity index is 1.16. The molecule has 0 saturated carbocycles. The highest BCUT2D eigenvalue weighted by Crippen LogP contribution is 2.61. The Labute approximate surface area is 331 Å². The van der Waals surface area contributed by atoms with Crippen molar-refractivity contribution in [3.63, 3.8) is 0 Å². The molecule has 3 nitrogen and oxygen atoms in total. The molecule has 0 amide bonds. The first-order valence-corrected chi connectivity index (χ1v) is 19.3. The first kappa shape index (κ1) is 32.7. The zero-order valence-corrected chi connectivity index (χ0v) is 30.9. The van der Waals surface area contributed by atoms with E-state index in [4.69, 9.17) is 9.97 Å². The summed E-state index contributed by atoms with van der Waals surface area (Å²) in [7, 11) is 0. The summed E-state index contributed by atoms with van der Waals surface area (Å²) >= 11 is 0. The topological polar surface area (TPSA) is 49.6 Å². The Morgan fingerprint density at radius 2 is 0.754 bits per heavy atom. The van der Waals surface area contributed by atoms with Gasteiger partial charge in [0, 0.05) is 16.7 Å². The van der Waals surface area contributed by atoms with E-state index in [-0.39, 0.29) is 0 Å². The van der Waals surface area contributed by atoms with Gasteiger partial charge in [-0.1, -0.05) is 164 Å². The van der Waals surface area contributed by atoms with E-state index in [1.807, 2.05) is 30.3 Å². The molecule has 3 heteroatoms. The van der Waals surface area contributed by atoms with Gasteiger partial charge in [0.2, 0.25) is 0 Å². The van der Waals surface area contributed by atoms with Crippen LogP contribution in [0.4, 0.5) is 0 Å². The fourth-order valence-electron chi connectivity index (χ4n) is 9.24. The minimum Gasteiger partial charge on any atom is -0.228 e. The van der Waals surface area contributed by atoms with Crippen LogP contribution in [-0.2, 0) is 5.41 Å². The second kappa shape index (κ2) is 13.0. The van der Waals surface area contributed by atoms with Crippen molar-refractivity contribution in [3.05, 3.63) is 228 Å². The van der Waals surface area contributed by atoms with Crippen molar-refractivity contribution in [1.29, 1.82) is 5.26 Å². The van der Waals surface area contributed by atoms with Gasteiger partial charge in [0.1, 0.15) is 0 Å². The van der Waals surface area contributed by atoms with Crippen LogP contribution in [0.2, 0.25) is 0 Å². The standard InChI is InChI=1S/C54H33N3/c55-34-35-22-24-39(25-23-35)53-56-51(38-28-26-37(27-29-38)36-12-2-1-3-13-36)33-52(57-53)40-30-31-50-46(32-40)42-15-5-4-14-41(42)43-16-6-9-19-47(43)54(50)48-20-10-7-17-44(48)45-18-8-11-21-49(45)54/h1-33H. The zero-order chi connectivity index (χ0) is 37.9. The summed E-state index contributed by atoms with van der Waals surface area (Å²) in [6, 6.07) is 73.5. The van der Waals surface area contributed by atoms with Crippen molar-refractivity contribution < 1.29 is 0 Å². The molecule has 1 spiro atoms. The van der Waals surface area contributed by atoms with Gasteiger partial charge in [0.05, 0.1) is 28.4 Å². The second-order valence-corrected chi connectivity index (χ2v) is 14.8. The molecule has 0 atom stereocenters. The normalized spacial score (nSPS) is 12.7. The molecule has 2 aliphatic carbocycles. The smallest absolute Gasteiger partial charge is 0.160 e. The van der Waals surface area contributed by atoms with Crippen LogP contribution in [0, 0.1) is 11.3 Å². The molecular formula is C54H33N3. The van der Waals surface area contributed by atoms with E-state index in [1.165, 1.54) is 61.2 Å². The van der Waals surface area contributed by atoms with E-state index in [1.54, 1.807) is 0 Å². The van der Waals surface area contributed by atoms with Crippen LogP contribution in [0.25, 0.3) is 78.4 Å². The summed E-state index contributed by atoms with van der Waals surface area (Å²) in [5.74, 6) is 0.608. The lowest BCUT2D eigenvalue weighted by Crippen LogP contribution is -2.29. The number of fused-ring (bicyclic) bond motifs is 12. The molecule has 0 aliphatic heterocycles. The second-order valence-electron chi connectivity index (χ2n) is 14.8. The molecule has 57 heavy (non-hydrogen) atoms. The Morgan fingerprint density at radius 1 is 0.333 bits per heavy atom. The van der Waals surface area contributed by atoms with Crippen molar-refractivity contribution in [2.75, 3.05) is 0 Å². The molecule has 8 aromatic carbocycles. The van der Waals surface area contributed by atoms with Gasteiger partial charge in [-0.2, -0.15) is 5.26 Å². The van der Waals surface area contributed by atoms with Gasteiger partial charge in [0.25, 0.3) is 0 Å². The van der Waals surface area contributed by atoms with Gasteiger partial charge in [-0.15, -0.1) is 0 Å². The number of hydrogen-bond donors (Lipinski definition) is 0. The van der Waals surface area contributed by atoms with Gasteiger partial charge in [-0.05, 0) is 103 Å². The van der Waals surface area contributed by atoms with E-state index in [0.717, 1.165) is 33.6 Å². The number of nitrogens with zero attached hydrogens (tertiary/aromatic N) is 3. The number of hydrogen-bond acceptors (Lipinski definition) is 3. The molecule has 0 radical (unpaired) electrons. The average molecular weight is 724 g/mol. The summed E-state index contributed by atoms with van der Waals surface area (Å²) in [6.45, 7) is 0. The van der Waals surface area contributed by atoms with Crippen molar-refractivity contribution in [1.82, 2.24) is 9.97 Å². The lowest BCUT2D eigenvalue weighted by Gasteiger charge is -2.35. The third-order valence-electron chi connectivity index (χ3n) is 11.8. The summed E-state index contributed by atoms with van der Waals surface area (Å²) in [5.41, 5.74) is 19.4. The Morgan fingerprint density at radius 3 is 1.35 bits per heavy atom. The number of aromatic nitrogens is 2. The molecule has 1 aromatic heterocycles. The number of benzene rings is 8. The zero-order valence-electron chi connectivity index (χ0n) is 30.9. The summed E-state index contributed by atoms with van der Waals surface area (Å²) in [4.78, 5) is 10.4. The van der Waals surface area contributed by atoms with Crippen LogP contribution in [0.3, 0.4) is 0 Å². The maximum Gasteiger partial charge on any atom is 0.160 e. The molecule has 0 unspecified atom stereocenters. The molecular weight excluding hydrogens is 691 g/mol. The van der Waals surface area contributed by atoms with E-state index >= 15 is 0 Å². The minimum atomic E-state index is -0.540. The summed E-state index contributed by atoms with van der Waals surface area (Å²) in [5, 5.41) is 9.54. The molecule has 0 N–H and O–H groups in total. The average Bonchev–Trinajstić information content (AvgIpc) is 3.54. The Bertz CT molecular complexity index is 3020. The van der Waals surface area contributed by atoms with Crippen LogP contribution >= 0.6 is 0 Å². The van der Waals surface area contributed by atoms with Gasteiger partial charge in [-0.3, -0.25) is 0 Å². The first-order valence-electron chi connectivity index (χ1n) is 19.3. The van der Waals surface area contributed by atoms with Crippen LogP contribution in [0.1, 0.15) is 27.8 Å². The van der Waals surface area contributed by atoms with Crippen molar-refractivity contribution >= 4 is 0 Å². The van der Waals surface area contributed by atoms with Gasteiger partial charge < -0.3 is 0 Å². The highest BCUT2D eigenvalue weighted by Gasteiger charge is 2.49. The van der Waals surface area contributed by atoms with Gasteiger partial charge in [-0.25, -0.2) is 9.97 Å². The van der Waals surface area contributed by atoms with Crippen molar-refractivity contribution in [3.8, 4) is 84.5 Å². The quantitative estimate of drug-likeness (QED) is 0.182. The maximum absolute atomic E-state index is 9.54. The third kappa shape index (κ3) is 5.05. The molecule has 1 heterocycles. The molecule has 9 aromatic rings. The first-order chi connectivity index (χ1) is 28.2. The van der Waals surface area contributed by atoms with E-state index in [2.05, 4.69) is 176 Å². The van der Waals surface area contributed by atoms with E-state index < -0.39 is 5.41 Å². The summed E-state index contributed by atoms with van der Waals surface area (Å²) < 4.78 is 0. The summed E-state index contributed by atoms with van der Waals surface area (Å²) in [6.07, 6.45) is 0. The molecule has 0 fully saturated rings. The lowest BCUT2D eigenvalue weighted by molar-refractivity contribution is 0.775. The van der Waals surface area contributed by atoms with E-state index in [9.17, 15) is 5.26 Å². The highest BCUT2D eigenvalue weighted by molar-refractivity contribution is 5.98. The van der Waals surface area contributed by atoms with Crippen LogP contribution in [-0.4, -0.2) is 9.97 Å². The molecule has 11 rings (SSSR count). The largest absolute Gasteiger partial charge is 0.228 e. The fraction of sp³-hybridized carbons (Fsp3) is 0.0185. The van der Waals surface area contributed by atoms with Crippen LogP contribution in [0.15, 0.2) is 200 Å². The van der Waals surface area contributed by atoms with Crippen LogP contribution < -0.4 is 0 Å². The van der Waals surface area contributed by atoms with Crippen molar-refractivity contribution in [2.24, 2.45) is 0 Å². The lowest BCUT2D eigenvalue weighted by atomic mass is 9.66. The number of nitriles is 1. The molecule has 0 bridgehead atoms. The molecule has 0 saturated heterocycles. The fourth-order valence-corrected chi connectivity index (χ4v) is 9.24. The number of rotatable bonds is 4. The van der Waals surface area contributed by atoms with E-state index in [0.29, 0.717) is 11.4 Å². The molecule has 2 aliphatic rings. The SMILES string of the molecule is N#Cc1ccc(-c2nc(-c3ccc(-c4ccccc4)cc3)cc(-c3ccc4c(c3)-c3ccccc3-c3ccccc3C43c4ccccc4-c4ccccc43)n2)cc1. The van der Waals surface area contributed by atoms with Crippen LogP contribution in [0.5, 0.6) is 0 Å². The third-order valence-corrected chi connectivity index (χ3v) is 11.8. The van der Waals surface area contributed by atoms with Gasteiger partial charge in [0.15, 0.2) is 5.82 Å². The van der Waals surface area contributed by atoms with Crippen molar-refractivity contribution in [2.45, 2.75) is 5.41 Å².